The van der Waals surface area contributed by atoms with Crippen LogP contribution in [0.4, 0.5) is 5.69 Å². The van der Waals surface area contributed by atoms with Crippen molar-refractivity contribution in [2.75, 3.05) is 18.5 Å². The van der Waals surface area contributed by atoms with Crippen molar-refractivity contribution in [1.29, 1.82) is 0 Å². The van der Waals surface area contributed by atoms with Gasteiger partial charge in [-0.1, -0.05) is 17.7 Å². The Morgan fingerprint density at radius 2 is 2.33 bits per heavy atom. The number of hydrogen-bond donors (Lipinski definition) is 1. The van der Waals surface area contributed by atoms with E-state index in [1.165, 1.54) is 4.68 Å². The van der Waals surface area contributed by atoms with E-state index in [0.29, 0.717) is 12.2 Å². The minimum absolute atomic E-state index is 0.179. The van der Waals surface area contributed by atoms with E-state index in [1.807, 2.05) is 0 Å². The first-order valence-corrected chi connectivity index (χ1v) is 6.31. The molecule has 0 aliphatic carbocycles. The molecule has 0 aromatic carbocycles. The number of allylic oxidation sites excluding steroid dienone is 1. The summed E-state index contributed by atoms with van der Waals surface area (Å²) >= 11 is 6.05. The van der Waals surface area contributed by atoms with Gasteiger partial charge in [-0.2, -0.15) is 5.10 Å². The topological polar surface area (TPSA) is 56.1 Å². The van der Waals surface area contributed by atoms with Crippen LogP contribution in [0.2, 0.25) is 5.02 Å². The average molecular weight is 270 g/mol. The zero-order chi connectivity index (χ0) is 13.0. The van der Waals surface area contributed by atoms with Crippen LogP contribution in [0.3, 0.4) is 0 Å². The van der Waals surface area contributed by atoms with Crippen molar-refractivity contribution in [3.8, 4) is 0 Å². The summed E-state index contributed by atoms with van der Waals surface area (Å²) < 4.78 is 6.56. The van der Waals surface area contributed by atoms with Crippen molar-refractivity contribution >= 4 is 17.3 Å². The molecule has 0 amide bonds. The SMILES string of the molecule is C=CCn1ncc(NC2CCOCC2)c(Cl)c1=O. The molecule has 1 aromatic rings. The largest absolute Gasteiger partial charge is 0.381 e. The summed E-state index contributed by atoms with van der Waals surface area (Å²) in [6.07, 6.45) is 5.01. The van der Waals surface area contributed by atoms with Gasteiger partial charge in [0.2, 0.25) is 0 Å². The lowest BCUT2D eigenvalue weighted by Gasteiger charge is -2.24. The highest BCUT2D eigenvalue weighted by molar-refractivity contribution is 6.32. The second-order valence-corrected chi connectivity index (χ2v) is 4.56. The first-order chi connectivity index (χ1) is 8.72. The van der Waals surface area contributed by atoms with Gasteiger partial charge in [0, 0.05) is 19.3 Å². The highest BCUT2D eigenvalue weighted by atomic mass is 35.5. The monoisotopic (exact) mass is 269 g/mol. The minimum Gasteiger partial charge on any atom is -0.381 e. The molecule has 0 atom stereocenters. The van der Waals surface area contributed by atoms with Gasteiger partial charge in [0.25, 0.3) is 5.56 Å². The number of ether oxygens (including phenoxy) is 1. The van der Waals surface area contributed by atoms with Crippen LogP contribution in [0.15, 0.2) is 23.6 Å². The summed E-state index contributed by atoms with van der Waals surface area (Å²) in [6, 6.07) is 0.285. The summed E-state index contributed by atoms with van der Waals surface area (Å²) in [4.78, 5) is 11.9. The predicted molar refractivity (Wildman–Crippen MR) is 71.2 cm³/mol. The Morgan fingerprint density at radius 3 is 3.00 bits per heavy atom. The number of halogens is 1. The van der Waals surface area contributed by atoms with Crippen LogP contribution >= 0.6 is 11.6 Å². The summed E-state index contributed by atoms with van der Waals surface area (Å²) in [5, 5.41) is 7.47. The molecule has 1 aliphatic heterocycles. The molecular weight excluding hydrogens is 254 g/mol. The molecule has 0 radical (unpaired) electrons. The summed E-state index contributed by atoms with van der Waals surface area (Å²) in [5.41, 5.74) is 0.294. The predicted octanol–water partition coefficient (Wildman–Crippen LogP) is 1.67. The first kappa shape index (κ1) is 13.1. The molecule has 1 aliphatic rings. The second kappa shape index (κ2) is 6.02. The van der Waals surface area contributed by atoms with Crippen LogP contribution in [0.5, 0.6) is 0 Å². The van der Waals surface area contributed by atoms with Crippen LogP contribution in [0, 0.1) is 0 Å². The highest BCUT2D eigenvalue weighted by Gasteiger charge is 2.16. The third-order valence-corrected chi connectivity index (χ3v) is 3.23. The molecule has 2 rings (SSSR count). The van der Waals surface area contributed by atoms with Gasteiger partial charge in [-0.05, 0) is 12.8 Å². The average Bonchev–Trinajstić information content (AvgIpc) is 2.40. The Bertz CT molecular complexity index is 481. The van der Waals surface area contributed by atoms with Gasteiger partial charge in [0.05, 0.1) is 18.4 Å². The lowest BCUT2D eigenvalue weighted by molar-refractivity contribution is 0.0904. The Hall–Kier alpha value is -1.33. The minimum atomic E-state index is -0.298. The quantitative estimate of drug-likeness (QED) is 0.845. The molecule has 0 unspecified atom stereocenters. The van der Waals surface area contributed by atoms with Crippen molar-refractivity contribution < 1.29 is 4.74 Å². The number of nitrogens with one attached hydrogen (secondary N) is 1. The van der Waals surface area contributed by atoms with Gasteiger partial charge in [-0.15, -0.1) is 6.58 Å². The fraction of sp³-hybridized carbons (Fsp3) is 0.500. The van der Waals surface area contributed by atoms with E-state index in [-0.39, 0.29) is 16.6 Å². The lowest BCUT2D eigenvalue weighted by atomic mass is 10.1. The number of hydrogen-bond acceptors (Lipinski definition) is 4. The van der Waals surface area contributed by atoms with Crippen LogP contribution in [-0.2, 0) is 11.3 Å². The molecule has 2 heterocycles. The summed E-state index contributed by atoms with van der Waals surface area (Å²) in [7, 11) is 0. The van der Waals surface area contributed by atoms with Crippen molar-refractivity contribution in [2.45, 2.75) is 25.4 Å². The smallest absolute Gasteiger partial charge is 0.287 e. The lowest BCUT2D eigenvalue weighted by Crippen LogP contribution is -2.30. The second-order valence-electron chi connectivity index (χ2n) is 4.18. The highest BCUT2D eigenvalue weighted by Crippen LogP contribution is 2.19. The molecule has 6 heteroatoms. The molecule has 1 fully saturated rings. The zero-order valence-corrected chi connectivity index (χ0v) is 10.8. The molecule has 1 saturated heterocycles. The van der Waals surface area contributed by atoms with E-state index >= 15 is 0 Å². The van der Waals surface area contributed by atoms with Crippen LogP contribution in [0.1, 0.15) is 12.8 Å². The molecule has 18 heavy (non-hydrogen) atoms. The van der Waals surface area contributed by atoms with Gasteiger partial charge in [-0.25, -0.2) is 4.68 Å². The van der Waals surface area contributed by atoms with Crippen molar-refractivity contribution in [1.82, 2.24) is 9.78 Å². The molecule has 5 nitrogen and oxygen atoms in total. The maximum Gasteiger partial charge on any atom is 0.287 e. The van der Waals surface area contributed by atoms with E-state index in [2.05, 4.69) is 17.0 Å². The van der Waals surface area contributed by atoms with Crippen LogP contribution in [-0.4, -0.2) is 29.0 Å². The molecule has 1 aromatic heterocycles. The van der Waals surface area contributed by atoms with Gasteiger partial charge in [0.15, 0.2) is 0 Å². The van der Waals surface area contributed by atoms with Crippen molar-refractivity contribution in [3.05, 3.63) is 34.2 Å². The Balaban J connectivity index is 2.15. The molecule has 0 spiro atoms. The summed E-state index contributed by atoms with van der Waals surface area (Å²) in [5.74, 6) is 0. The first-order valence-electron chi connectivity index (χ1n) is 5.93. The Morgan fingerprint density at radius 1 is 1.61 bits per heavy atom. The van der Waals surface area contributed by atoms with E-state index in [4.69, 9.17) is 16.3 Å². The van der Waals surface area contributed by atoms with Crippen molar-refractivity contribution in [3.63, 3.8) is 0 Å². The van der Waals surface area contributed by atoms with Crippen LogP contribution < -0.4 is 10.9 Å². The molecule has 1 N–H and O–H groups in total. The Labute approximate surface area is 110 Å². The Kier molecular flexibility index (Phi) is 4.38. The normalized spacial score (nSPS) is 16.5. The molecule has 0 saturated carbocycles. The number of nitrogens with zero attached hydrogens (tertiary/aromatic N) is 2. The van der Waals surface area contributed by atoms with E-state index in [9.17, 15) is 4.79 Å². The molecule has 0 bridgehead atoms. The molecular formula is C12H16ClN3O2. The van der Waals surface area contributed by atoms with Gasteiger partial charge in [-0.3, -0.25) is 4.79 Å². The van der Waals surface area contributed by atoms with E-state index < -0.39 is 0 Å². The standard InChI is InChI=1S/C12H16ClN3O2/c1-2-5-16-12(17)11(13)10(8-14-16)15-9-3-6-18-7-4-9/h2,8-9,15H,1,3-7H2. The third kappa shape index (κ3) is 2.91. The van der Waals surface area contributed by atoms with Gasteiger partial charge < -0.3 is 10.1 Å². The maximum absolute atomic E-state index is 11.9. The van der Waals surface area contributed by atoms with E-state index in [0.717, 1.165) is 26.1 Å². The summed E-state index contributed by atoms with van der Waals surface area (Å²) in [6.45, 7) is 5.39. The van der Waals surface area contributed by atoms with Gasteiger partial charge >= 0.3 is 0 Å². The zero-order valence-electron chi connectivity index (χ0n) is 10.1. The van der Waals surface area contributed by atoms with Crippen molar-refractivity contribution in [2.24, 2.45) is 0 Å². The molecule has 98 valence electrons. The maximum atomic E-state index is 11.9. The van der Waals surface area contributed by atoms with Crippen LogP contribution in [0.25, 0.3) is 0 Å². The fourth-order valence-corrected chi connectivity index (χ4v) is 2.08. The number of rotatable bonds is 4. The van der Waals surface area contributed by atoms with Gasteiger partial charge in [0.1, 0.15) is 5.02 Å². The fourth-order valence-electron chi connectivity index (χ4n) is 1.88. The third-order valence-electron chi connectivity index (χ3n) is 2.87. The number of anilines is 1. The van der Waals surface area contributed by atoms with E-state index in [1.54, 1.807) is 12.3 Å². The number of aromatic nitrogens is 2.